The summed E-state index contributed by atoms with van der Waals surface area (Å²) in [4.78, 5) is 5.64. The highest BCUT2D eigenvalue weighted by molar-refractivity contribution is 7.10. The van der Waals surface area contributed by atoms with Crippen molar-refractivity contribution in [2.75, 3.05) is 0 Å². The molecule has 3 aromatic rings. The number of rotatable bonds is 3. The van der Waals surface area contributed by atoms with E-state index >= 15 is 0 Å². The predicted octanol–water partition coefficient (Wildman–Crippen LogP) is 4.50. The molecular weight excluding hydrogens is 288 g/mol. The predicted molar refractivity (Wildman–Crippen MR) is 86.4 cm³/mol. The third-order valence-corrected chi connectivity index (χ3v) is 4.68. The Hall–Kier alpha value is -1.42. The molecule has 0 radical (unpaired) electrons. The first-order valence-electron chi connectivity index (χ1n) is 6.48. The molecule has 0 spiro atoms. The molecule has 2 aromatic heterocycles. The van der Waals surface area contributed by atoms with Crippen LogP contribution in [0.4, 0.5) is 0 Å². The number of pyridine rings is 1. The van der Waals surface area contributed by atoms with Gasteiger partial charge in [-0.3, -0.25) is 0 Å². The van der Waals surface area contributed by atoms with Gasteiger partial charge in [0.2, 0.25) is 0 Å². The van der Waals surface area contributed by atoms with Crippen LogP contribution in [-0.4, -0.2) is 4.98 Å². The van der Waals surface area contributed by atoms with Crippen molar-refractivity contribution >= 4 is 33.8 Å². The van der Waals surface area contributed by atoms with Crippen molar-refractivity contribution in [2.45, 2.75) is 19.4 Å². The van der Waals surface area contributed by atoms with Gasteiger partial charge in [0.15, 0.2) is 0 Å². The Morgan fingerprint density at radius 2 is 2.15 bits per heavy atom. The Balaban J connectivity index is 1.96. The average molecular weight is 303 g/mol. The first kappa shape index (κ1) is 13.6. The molecule has 0 fully saturated rings. The topological polar surface area (TPSA) is 38.9 Å². The van der Waals surface area contributed by atoms with Crippen LogP contribution in [0.25, 0.3) is 10.9 Å². The molecule has 1 aromatic carbocycles. The summed E-state index contributed by atoms with van der Waals surface area (Å²) in [6, 6.07) is 12.3. The van der Waals surface area contributed by atoms with E-state index in [2.05, 4.69) is 30.1 Å². The SMILES string of the molecule is Cc1ccc2nc(Cl)c(CC(N)c3cccs3)cc2c1. The summed E-state index contributed by atoms with van der Waals surface area (Å²) in [7, 11) is 0. The lowest BCUT2D eigenvalue weighted by molar-refractivity contribution is 0.735. The van der Waals surface area contributed by atoms with Crippen molar-refractivity contribution in [3.8, 4) is 0 Å². The quantitative estimate of drug-likeness (QED) is 0.723. The molecule has 0 amide bonds. The first-order chi connectivity index (χ1) is 9.63. The fraction of sp³-hybridized carbons (Fsp3) is 0.188. The Kier molecular flexibility index (Phi) is 3.74. The summed E-state index contributed by atoms with van der Waals surface area (Å²) < 4.78 is 0. The van der Waals surface area contributed by atoms with Gasteiger partial charge in [-0.1, -0.05) is 29.3 Å². The van der Waals surface area contributed by atoms with Crippen LogP contribution in [0.15, 0.2) is 41.8 Å². The van der Waals surface area contributed by atoms with E-state index in [4.69, 9.17) is 17.3 Å². The molecule has 0 saturated carbocycles. The molecule has 0 aliphatic heterocycles. The number of aromatic nitrogens is 1. The molecular formula is C16H15ClN2S. The maximum absolute atomic E-state index is 6.29. The minimum atomic E-state index is -0.0310. The summed E-state index contributed by atoms with van der Waals surface area (Å²) in [5.74, 6) is 0. The fourth-order valence-electron chi connectivity index (χ4n) is 2.30. The number of aryl methyl sites for hydroxylation is 1. The van der Waals surface area contributed by atoms with E-state index in [0.29, 0.717) is 11.6 Å². The van der Waals surface area contributed by atoms with Crippen LogP contribution in [0, 0.1) is 6.92 Å². The highest BCUT2D eigenvalue weighted by Gasteiger charge is 2.12. The van der Waals surface area contributed by atoms with E-state index < -0.39 is 0 Å². The van der Waals surface area contributed by atoms with Crippen molar-refractivity contribution in [1.82, 2.24) is 4.98 Å². The number of benzene rings is 1. The molecule has 20 heavy (non-hydrogen) atoms. The molecule has 2 nitrogen and oxygen atoms in total. The summed E-state index contributed by atoms with van der Waals surface area (Å²) >= 11 is 7.96. The van der Waals surface area contributed by atoms with Gasteiger partial charge in [0.1, 0.15) is 5.15 Å². The van der Waals surface area contributed by atoms with Crippen LogP contribution in [-0.2, 0) is 6.42 Å². The second-order valence-electron chi connectivity index (χ2n) is 4.96. The fourth-order valence-corrected chi connectivity index (χ4v) is 3.25. The summed E-state index contributed by atoms with van der Waals surface area (Å²) in [5, 5.41) is 3.70. The Bertz CT molecular complexity index is 738. The van der Waals surface area contributed by atoms with Crippen molar-refractivity contribution in [1.29, 1.82) is 0 Å². The van der Waals surface area contributed by atoms with Crippen LogP contribution < -0.4 is 5.73 Å². The first-order valence-corrected chi connectivity index (χ1v) is 7.74. The third kappa shape index (κ3) is 2.70. The third-order valence-electron chi connectivity index (χ3n) is 3.34. The van der Waals surface area contributed by atoms with Crippen molar-refractivity contribution < 1.29 is 0 Å². The van der Waals surface area contributed by atoms with Gasteiger partial charge in [-0.2, -0.15) is 0 Å². The molecule has 0 bridgehead atoms. The number of nitrogens with zero attached hydrogens (tertiary/aromatic N) is 1. The zero-order valence-corrected chi connectivity index (χ0v) is 12.7. The highest BCUT2D eigenvalue weighted by atomic mass is 35.5. The van der Waals surface area contributed by atoms with Crippen LogP contribution in [0.3, 0.4) is 0 Å². The van der Waals surface area contributed by atoms with Gasteiger partial charge in [-0.25, -0.2) is 4.98 Å². The molecule has 0 aliphatic rings. The van der Waals surface area contributed by atoms with Crippen LogP contribution in [0.5, 0.6) is 0 Å². The zero-order valence-electron chi connectivity index (χ0n) is 11.1. The van der Waals surface area contributed by atoms with Crippen LogP contribution >= 0.6 is 22.9 Å². The molecule has 3 rings (SSSR count). The summed E-state index contributed by atoms with van der Waals surface area (Å²) in [6.07, 6.45) is 0.705. The molecule has 0 aliphatic carbocycles. The Morgan fingerprint density at radius 1 is 1.30 bits per heavy atom. The van der Waals surface area contributed by atoms with Gasteiger partial charge >= 0.3 is 0 Å². The van der Waals surface area contributed by atoms with Crippen molar-refractivity contribution in [3.05, 3.63) is 62.9 Å². The van der Waals surface area contributed by atoms with Gasteiger partial charge < -0.3 is 5.73 Å². The van der Waals surface area contributed by atoms with Crippen molar-refractivity contribution in [3.63, 3.8) is 0 Å². The van der Waals surface area contributed by atoms with E-state index in [-0.39, 0.29) is 6.04 Å². The zero-order chi connectivity index (χ0) is 14.1. The number of fused-ring (bicyclic) bond motifs is 1. The van der Waals surface area contributed by atoms with Crippen LogP contribution in [0.2, 0.25) is 5.15 Å². The van der Waals surface area contributed by atoms with E-state index in [1.165, 1.54) is 10.4 Å². The summed E-state index contributed by atoms with van der Waals surface area (Å²) in [6.45, 7) is 2.07. The van der Waals surface area contributed by atoms with E-state index in [0.717, 1.165) is 16.5 Å². The normalized spacial score (nSPS) is 12.8. The number of hydrogen-bond donors (Lipinski definition) is 1. The molecule has 2 heterocycles. The van der Waals surface area contributed by atoms with Gasteiger partial charge in [-0.05, 0) is 48.6 Å². The average Bonchev–Trinajstić information content (AvgIpc) is 2.94. The largest absolute Gasteiger partial charge is 0.323 e. The minimum Gasteiger partial charge on any atom is -0.323 e. The lowest BCUT2D eigenvalue weighted by atomic mass is 10.0. The molecule has 0 saturated heterocycles. The second kappa shape index (κ2) is 5.52. The maximum atomic E-state index is 6.29. The van der Waals surface area contributed by atoms with Gasteiger partial charge in [0.25, 0.3) is 0 Å². The van der Waals surface area contributed by atoms with E-state index in [9.17, 15) is 0 Å². The standard InChI is InChI=1S/C16H15ClN2S/c1-10-4-5-14-11(7-10)8-12(16(17)19-14)9-13(18)15-3-2-6-20-15/h2-8,13H,9,18H2,1H3. The lowest BCUT2D eigenvalue weighted by Crippen LogP contribution is -2.12. The minimum absolute atomic E-state index is 0.0310. The Labute approximate surface area is 127 Å². The lowest BCUT2D eigenvalue weighted by Gasteiger charge is -2.12. The number of halogens is 1. The van der Waals surface area contributed by atoms with E-state index in [1.807, 2.05) is 23.6 Å². The number of thiophene rings is 1. The molecule has 102 valence electrons. The van der Waals surface area contributed by atoms with Crippen molar-refractivity contribution in [2.24, 2.45) is 5.73 Å². The molecule has 1 atom stereocenters. The van der Waals surface area contributed by atoms with Gasteiger partial charge in [-0.15, -0.1) is 11.3 Å². The molecule has 4 heteroatoms. The van der Waals surface area contributed by atoms with E-state index in [1.54, 1.807) is 11.3 Å². The van der Waals surface area contributed by atoms with Gasteiger partial charge in [0.05, 0.1) is 5.52 Å². The Morgan fingerprint density at radius 3 is 2.90 bits per heavy atom. The molecule has 1 unspecified atom stereocenters. The number of nitrogens with two attached hydrogens (primary N) is 1. The molecule has 2 N–H and O–H groups in total. The summed E-state index contributed by atoms with van der Waals surface area (Å²) in [5.41, 5.74) is 9.39. The van der Waals surface area contributed by atoms with Crippen LogP contribution in [0.1, 0.15) is 22.0 Å². The maximum Gasteiger partial charge on any atom is 0.133 e. The monoisotopic (exact) mass is 302 g/mol. The second-order valence-corrected chi connectivity index (χ2v) is 6.30. The smallest absolute Gasteiger partial charge is 0.133 e. The number of hydrogen-bond acceptors (Lipinski definition) is 3. The van der Waals surface area contributed by atoms with Gasteiger partial charge in [0, 0.05) is 16.3 Å². The highest BCUT2D eigenvalue weighted by Crippen LogP contribution is 2.26.